The van der Waals surface area contributed by atoms with Crippen LogP contribution in [0.25, 0.3) is 11.0 Å². The third-order valence-corrected chi connectivity index (χ3v) is 4.66. The van der Waals surface area contributed by atoms with Gasteiger partial charge in [-0.3, -0.25) is 0 Å². The van der Waals surface area contributed by atoms with Crippen LogP contribution in [0.4, 0.5) is 0 Å². The van der Waals surface area contributed by atoms with E-state index in [0.29, 0.717) is 11.8 Å². The van der Waals surface area contributed by atoms with E-state index in [-0.39, 0.29) is 5.41 Å². The molecular formula is C16H22Cl2N2. The quantitative estimate of drug-likeness (QED) is 0.698. The zero-order valence-corrected chi connectivity index (χ0v) is 14.1. The zero-order valence-electron chi connectivity index (χ0n) is 12.6. The van der Waals surface area contributed by atoms with Crippen LogP contribution in [0.2, 0.25) is 5.02 Å². The zero-order chi connectivity index (χ0) is 14.9. The summed E-state index contributed by atoms with van der Waals surface area (Å²) in [5, 5.41) is 0.725. The van der Waals surface area contributed by atoms with E-state index >= 15 is 0 Å². The van der Waals surface area contributed by atoms with Gasteiger partial charge in [-0.2, -0.15) is 0 Å². The molecular weight excluding hydrogens is 291 g/mol. The van der Waals surface area contributed by atoms with Gasteiger partial charge in [-0.15, -0.1) is 11.6 Å². The molecule has 0 N–H and O–H groups in total. The molecule has 0 aliphatic rings. The molecule has 0 amide bonds. The summed E-state index contributed by atoms with van der Waals surface area (Å²) < 4.78 is 2.30. The molecule has 1 aromatic carbocycles. The Morgan fingerprint density at radius 1 is 1.30 bits per heavy atom. The van der Waals surface area contributed by atoms with Crippen LogP contribution in [0.5, 0.6) is 0 Å². The fourth-order valence-electron chi connectivity index (χ4n) is 2.19. The molecule has 0 aliphatic carbocycles. The van der Waals surface area contributed by atoms with E-state index < -0.39 is 0 Å². The van der Waals surface area contributed by atoms with E-state index in [1.165, 1.54) is 0 Å². The Hall–Kier alpha value is -0.730. The first-order valence-electron chi connectivity index (χ1n) is 7.06. The average Bonchev–Trinajstić information content (AvgIpc) is 2.66. The highest BCUT2D eigenvalue weighted by atomic mass is 35.5. The molecule has 0 spiro atoms. The minimum atomic E-state index is 0.203. The Bertz CT molecular complexity index is 600. The third kappa shape index (κ3) is 3.12. The van der Waals surface area contributed by atoms with Gasteiger partial charge in [0.05, 0.1) is 11.0 Å². The summed E-state index contributed by atoms with van der Waals surface area (Å²) in [6.45, 7) is 10.1. The van der Waals surface area contributed by atoms with Gasteiger partial charge in [0, 0.05) is 23.9 Å². The maximum Gasteiger partial charge on any atom is 0.111 e. The largest absolute Gasteiger partial charge is 0.327 e. The number of aromatic nitrogens is 2. The predicted octanol–water partition coefficient (Wildman–Crippen LogP) is 5.15. The minimum Gasteiger partial charge on any atom is -0.327 e. The van der Waals surface area contributed by atoms with Gasteiger partial charge >= 0.3 is 0 Å². The number of benzene rings is 1. The fraction of sp³-hybridized carbons (Fsp3) is 0.562. The van der Waals surface area contributed by atoms with Crippen LogP contribution >= 0.6 is 23.2 Å². The van der Waals surface area contributed by atoms with Gasteiger partial charge in [0.2, 0.25) is 0 Å². The smallest absolute Gasteiger partial charge is 0.111 e. The van der Waals surface area contributed by atoms with Gasteiger partial charge in [0.15, 0.2) is 0 Å². The molecule has 2 nitrogen and oxygen atoms in total. The van der Waals surface area contributed by atoms with Gasteiger partial charge in [0.1, 0.15) is 5.82 Å². The molecule has 0 saturated heterocycles. The Kier molecular flexibility index (Phi) is 4.66. The van der Waals surface area contributed by atoms with Gasteiger partial charge in [-0.05, 0) is 29.5 Å². The lowest BCUT2D eigenvalue weighted by Crippen LogP contribution is -2.26. The highest BCUT2D eigenvalue weighted by molar-refractivity contribution is 6.31. The van der Waals surface area contributed by atoms with Crippen molar-refractivity contribution in [1.82, 2.24) is 9.55 Å². The Balaban J connectivity index is 2.51. The SMILES string of the molecule is CC(C)C(C)(C)Cn1c(CCCl)nc2cc(Cl)ccc21. The predicted molar refractivity (Wildman–Crippen MR) is 87.8 cm³/mol. The van der Waals surface area contributed by atoms with E-state index in [0.717, 1.165) is 34.8 Å². The lowest BCUT2D eigenvalue weighted by Gasteiger charge is -2.30. The van der Waals surface area contributed by atoms with Crippen LogP contribution in [-0.2, 0) is 13.0 Å². The van der Waals surface area contributed by atoms with Gasteiger partial charge in [0.25, 0.3) is 0 Å². The maximum atomic E-state index is 6.07. The monoisotopic (exact) mass is 312 g/mol. The topological polar surface area (TPSA) is 17.8 Å². The van der Waals surface area contributed by atoms with E-state index in [1.54, 1.807) is 0 Å². The first kappa shape index (κ1) is 15.7. The number of hydrogen-bond donors (Lipinski definition) is 0. The summed E-state index contributed by atoms with van der Waals surface area (Å²) in [5.74, 6) is 2.22. The van der Waals surface area contributed by atoms with Gasteiger partial charge in [-0.25, -0.2) is 4.98 Å². The molecule has 0 atom stereocenters. The molecule has 0 saturated carbocycles. The number of nitrogens with zero attached hydrogens (tertiary/aromatic N) is 2. The number of alkyl halides is 1. The van der Waals surface area contributed by atoms with E-state index in [9.17, 15) is 0 Å². The Labute approximate surface area is 131 Å². The van der Waals surface area contributed by atoms with E-state index in [4.69, 9.17) is 28.2 Å². The molecule has 0 radical (unpaired) electrons. The third-order valence-electron chi connectivity index (χ3n) is 4.24. The molecule has 110 valence electrons. The molecule has 2 rings (SSSR count). The molecule has 0 unspecified atom stereocenters. The Morgan fingerprint density at radius 3 is 2.60 bits per heavy atom. The summed E-state index contributed by atoms with van der Waals surface area (Å²) in [7, 11) is 0. The van der Waals surface area contributed by atoms with Crippen molar-refractivity contribution in [2.24, 2.45) is 11.3 Å². The van der Waals surface area contributed by atoms with Crippen LogP contribution in [-0.4, -0.2) is 15.4 Å². The number of halogens is 2. The fourth-order valence-corrected chi connectivity index (χ4v) is 2.53. The molecule has 2 aromatic rings. The number of hydrogen-bond acceptors (Lipinski definition) is 1. The number of aryl methyl sites for hydroxylation is 1. The minimum absolute atomic E-state index is 0.203. The van der Waals surface area contributed by atoms with Crippen molar-refractivity contribution >= 4 is 34.2 Å². The van der Waals surface area contributed by atoms with Crippen LogP contribution in [0.15, 0.2) is 18.2 Å². The van der Waals surface area contributed by atoms with Crippen molar-refractivity contribution in [2.75, 3.05) is 5.88 Å². The van der Waals surface area contributed by atoms with Crippen molar-refractivity contribution in [3.63, 3.8) is 0 Å². The second-order valence-electron chi connectivity index (χ2n) is 6.33. The summed E-state index contributed by atoms with van der Waals surface area (Å²) in [5.41, 5.74) is 2.30. The summed E-state index contributed by atoms with van der Waals surface area (Å²) in [6.07, 6.45) is 0.780. The highest BCUT2D eigenvalue weighted by Crippen LogP contribution is 2.31. The van der Waals surface area contributed by atoms with E-state index in [2.05, 4.69) is 38.3 Å². The maximum absolute atomic E-state index is 6.07. The molecule has 1 aromatic heterocycles. The van der Waals surface area contributed by atoms with Crippen LogP contribution in [0, 0.1) is 11.3 Å². The van der Waals surface area contributed by atoms with Gasteiger partial charge < -0.3 is 4.57 Å². The van der Waals surface area contributed by atoms with Gasteiger partial charge in [-0.1, -0.05) is 39.3 Å². The first-order chi connectivity index (χ1) is 9.35. The molecule has 0 aliphatic heterocycles. The average molecular weight is 313 g/mol. The first-order valence-corrected chi connectivity index (χ1v) is 7.97. The standard InChI is InChI=1S/C16H22Cl2N2/c1-11(2)16(3,4)10-20-14-6-5-12(18)9-13(14)19-15(20)7-8-17/h5-6,9,11H,7-8,10H2,1-4H3. The van der Waals surface area contributed by atoms with Crippen LogP contribution in [0.3, 0.4) is 0 Å². The number of rotatable bonds is 5. The molecule has 0 fully saturated rings. The normalized spacial score (nSPS) is 12.6. The molecule has 1 heterocycles. The lowest BCUT2D eigenvalue weighted by atomic mass is 9.81. The van der Waals surface area contributed by atoms with Crippen molar-refractivity contribution in [3.8, 4) is 0 Å². The summed E-state index contributed by atoms with van der Waals surface area (Å²) in [6, 6.07) is 5.90. The number of fused-ring (bicyclic) bond motifs is 1. The van der Waals surface area contributed by atoms with Crippen LogP contribution < -0.4 is 0 Å². The van der Waals surface area contributed by atoms with Crippen LogP contribution in [0.1, 0.15) is 33.5 Å². The van der Waals surface area contributed by atoms with Crippen molar-refractivity contribution < 1.29 is 0 Å². The molecule has 4 heteroatoms. The van der Waals surface area contributed by atoms with E-state index in [1.807, 2.05) is 12.1 Å². The second kappa shape index (κ2) is 5.95. The summed E-state index contributed by atoms with van der Waals surface area (Å²) >= 11 is 12.0. The molecule has 0 bridgehead atoms. The van der Waals surface area contributed by atoms with Crippen molar-refractivity contribution in [3.05, 3.63) is 29.0 Å². The summed E-state index contributed by atoms with van der Waals surface area (Å²) in [4.78, 5) is 4.70. The number of imidazole rings is 1. The molecule has 20 heavy (non-hydrogen) atoms. The highest BCUT2D eigenvalue weighted by Gasteiger charge is 2.25. The van der Waals surface area contributed by atoms with Crippen molar-refractivity contribution in [2.45, 2.75) is 40.7 Å². The Morgan fingerprint density at radius 2 is 2.00 bits per heavy atom. The lowest BCUT2D eigenvalue weighted by molar-refractivity contribution is 0.210. The van der Waals surface area contributed by atoms with Crippen molar-refractivity contribution in [1.29, 1.82) is 0 Å². The second-order valence-corrected chi connectivity index (χ2v) is 7.14.